The third-order valence-corrected chi connectivity index (χ3v) is 4.81. The van der Waals surface area contributed by atoms with Crippen molar-refractivity contribution in [2.75, 3.05) is 24.5 Å². The molecule has 24 heavy (non-hydrogen) atoms. The molecule has 3 heterocycles. The molecule has 8 nitrogen and oxygen atoms in total. The Balaban J connectivity index is 1.38. The van der Waals surface area contributed by atoms with E-state index < -0.39 is 5.60 Å². The number of aryl methyl sites for hydroxylation is 1. The van der Waals surface area contributed by atoms with Crippen LogP contribution in [0.25, 0.3) is 0 Å². The Hall–Kier alpha value is -2.48. The molecule has 3 N–H and O–H groups in total. The number of hydrogen-bond donors (Lipinski definition) is 3. The first-order chi connectivity index (χ1) is 11.6. The summed E-state index contributed by atoms with van der Waals surface area (Å²) in [6, 6.07) is 0. The quantitative estimate of drug-likeness (QED) is 0.733. The molecule has 1 aliphatic heterocycles. The van der Waals surface area contributed by atoms with Gasteiger partial charge in [-0.2, -0.15) is 5.10 Å². The summed E-state index contributed by atoms with van der Waals surface area (Å²) in [6.45, 7) is 1.30. The van der Waals surface area contributed by atoms with E-state index in [1.165, 1.54) is 0 Å². The first-order valence-corrected chi connectivity index (χ1v) is 8.22. The molecule has 4 rings (SSSR count). The number of aliphatic hydroxyl groups is 1. The van der Waals surface area contributed by atoms with Gasteiger partial charge >= 0.3 is 0 Å². The summed E-state index contributed by atoms with van der Waals surface area (Å²) in [7, 11) is 0. The molecule has 8 heteroatoms. The van der Waals surface area contributed by atoms with Crippen molar-refractivity contribution in [1.29, 1.82) is 0 Å². The summed E-state index contributed by atoms with van der Waals surface area (Å²) in [5.74, 6) is 0.519. The minimum atomic E-state index is -0.966. The number of amides is 1. The van der Waals surface area contributed by atoms with Crippen molar-refractivity contribution in [2.45, 2.75) is 31.3 Å². The number of H-pyrrole nitrogens is 1. The number of nitrogens with one attached hydrogen (secondary N) is 2. The van der Waals surface area contributed by atoms with Crippen LogP contribution in [0.5, 0.6) is 0 Å². The van der Waals surface area contributed by atoms with E-state index in [2.05, 4.69) is 25.5 Å². The van der Waals surface area contributed by atoms with E-state index in [0.29, 0.717) is 25.2 Å². The van der Waals surface area contributed by atoms with E-state index in [1.54, 1.807) is 18.6 Å². The largest absolute Gasteiger partial charge is 0.386 e. The minimum absolute atomic E-state index is 0.199. The number of aromatic amines is 1. The lowest BCUT2D eigenvalue weighted by Gasteiger charge is -2.24. The molecular weight excluding hydrogens is 308 g/mol. The van der Waals surface area contributed by atoms with Crippen LogP contribution < -0.4 is 10.2 Å². The fraction of sp³-hybridized carbons (Fsp3) is 0.500. The molecule has 2 aromatic heterocycles. The Labute approximate surface area is 139 Å². The number of carbonyl (C=O) groups excluding carboxylic acids is 1. The van der Waals surface area contributed by atoms with E-state index in [1.807, 2.05) is 4.90 Å². The Kier molecular flexibility index (Phi) is 3.68. The second-order valence-electron chi connectivity index (χ2n) is 6.53. The number of hydrogen-bond acceptors (Lipinski definition) is 6. The van der Waals surface area contributed by atoms with Crippen molar-refractivity contribution >= 4 is 11.7 Å². The molecular formula is C16H20N6O2. The van der Waals surface area contributed by atoms with Gasteiger partial charge in [-0.15, -0.1) is 0 Å². The van der Waals surface area contributed by atoms with Gasteiger partial charge in [0, 0.05) is 43.3 Å². The highest BCUT2D eigenvalue weighted by atomic mass is 16.3. The molecule has 0 radical (unpaired) electrons. The van der Waals surface area contributed by atoms with Crippen LogP contribution in [0.3, 0.4) is 0 Å². The zero-order chi connectivity index (χ0) is 16.6. The van der Waals surface area contributed by atoms with Crippen LogP contribution in [-0.4, -0.2) is 56.4 Å². The van der Waals surface area contributed by atoms with Crippen molar-refractivity contribution in [3.63, 3.8) is 0 Å². The van der Waals surface area contributed by atoms with Gasteiger partial charge in [-0.3, -0.25) is 14.9 Å². The molecule has 1 amide bonds. The minimum Gasteiger partial charge on any atom is -0.386 e. The van der Waals surface area contributed by atoms with Crippen molar-refractivity contribution < 1.29 is 9.90 Å². The molecule has 1 atom stereocenters. The van der Waals surface area contributed by atoms with Crippen LogP contribution in [0.2, 0.25) is 0 Å². The predicted octanol–water partition coefficient (Wildman–Crippen LogP) is 0.0596. The second kappa shape index (κ2) is 5.86. The normalized spacial score (nSPS) is 22.6. The highest BCUT2D eigenvalue weighted by Gasteiger charge is 2.37. The fourth-order valence-electron chi connectivity index (χ4n) is 3.49. The molecule has 2 aliphatic rings. The van der Waals surface area contributed by atoms with Gasteiger partial charge in [0.1, 0.15) is 11.4 Å². The number of β-amino-alcohol motifs (C(OH)–C–C–N with tert-alkyl or cyclic N) is 1. The predicted molar refractivity (Wildman–Crippen MR) is 86.8 cm³/mol. The number of carbonyl (C=O) groups is 1. The van der Waals surface area contributed by atoms with Crippen molar-refractivity contribution in [2.24, 2.45) is 0 Å². The highest BCUT2D eigenvalue weighted by Crippen LogP contribution is 2.25. The monoisotopic (exact) mass is 328 g/mol. The van der Waals surface area contributed by atoms with E-state index in [-0.39, 0.29) is 12.5 Å². The Morgan fingerprint density at radius 1 is 1.42 bits per heavy atom. The standard InChI is InChI=1S/C16H20N6O2/c23-15(14-11-2-1-3-12(11)20-21-14)19-9-16(24)4-7-22(10-16)13-8-17-5-6-18-13/h5-6,8,24H,1-4,7,9-10H2,(H,19,23)(H,20,21). The average Bonchev–Trinajstić information content (AvgIpc) is 3.29. The molecule has 2 aromatic rings. The lowest BCUT2D eigenvalue weighted by Crippen LogP contribution is -2.45. The van der Waals surface area contributed by atoms with E-state index in [9.17, 15) is 9.90 Å². The van der Waals surface area contributed by atoms with Gasteiger partial charge in [-0.05, 0) is 25.7 Å². The maximum absolute atomic E-state index is 12.4. The summed E-state index contributed by atoms with van der Waals surface area (Å²) in [4.78, 5) is 22.7. The van der Waals surface area contributed by atoms with E-state index >= 15 is 0 Å². The second-order valence-corrected chi connectivity index (χ2v) is 6.53. The number of rotatable bonds is 4. The van der Waals surface area contributed by atoms with Crippen molar-refractivity contribution in [1.82, 2.24) is 25.5 Å². The van der Waals surface area contributed by atoms with Crippen LogP contribution in [0, 0.1) is 0 Å². The summed E-state index contributed by atoms with van der Waals surface area (Å²) in [5, 5.41) is 20.6. The third-order valence-electron chi connectivity index (χ3n) is 4.81. The first kappa shape index (κ1) is 15.1. The van der Waals surface area contributed by atoms with Gasteiger partial charge in [0.05, 0.1) is 6.20 Å². The van der Waals surface area contributed by atoms with Crippen LogP contribution in [0.4, 0.5) is 5.82 Å². The molecule has 0 aromatic carbocycles. The lowest BCUT2D eigenvalue weighted by atomic mass is 10.0. The Bertz CT molecular complexity index is 746. The van der Waals surface area contributed by atoms with Crippen molar-refractivity contribution in [3.8, 4) is 0 Å². The summed E-state index contributed by atoms with van der Waals surface area (Å²) in [6.07, 6.45) is 8.40. The van der Waals surface area contributed by atoms with E-state index in [0.717, 1.165) is 36.3 Å². The molecule has 1 saturated heterocycles. The average molecular weight is 328 g/mol. The Morgan fingerprint density at radius 2 is 2.33 bits per heavy atom. The first-order valence-electron chi connectivity index (χ1n) is 8.22. The number of fused-ring (bicyclic) bond motifs is 1. The van der Waals surface area contributed by atoms with Gasteiger partial charge in [-0.1, -0.05) is 0 Å². The molecule has 1 fully saturated rings. The number of aromatic nitrogens is 4. The zero-order valence-electron chi connectivity index (χ0n) is 13.3. The molecule has 1 aliphatic carbocycles. The van der Waals surface area contributed by atoms with Gasteiger partial charge in [0.15, 0.2) is 5.69 Å². The van der Waals surface area contributed by atoms with Gasteiger partial charge < -0.3 is 15.3 Å². The maximum atomic E-state index is 12.4. The topological polar surface area (TPSA) is 107 Å². The number of anilines is 1. The highest BCUT2D eigenvalue weighted by molar-refractivity contribution is 5.94. The fourth-order valence-corrected chi connectivity index (χ4v) is 3.49. The smallest absolute Gasteiger partial charge is 0.272 e. The molecule has 0 bridgehead atoms. The molecule has 126 valence electrons. The SMILES string of the molecule is O=C(NCC1(O)CCN(c2cnccn2)C1)c1n[nH]c2c1CCC2. The third kappa shape index (κ3) is 2.73. The molecule has 0 spiro atoms. The van der Waals surface area contributed by atoms with Crippen LogP contribution in [-0.2, 0) is 12.8 Å². The van der Waals surface area contributed by atoms with Gasteiger partial charge in [-0.25, -0.2) is 4.98 Å². The van der Waals surface area contributed by atoms with Crippen LogP contribution >= 0.6 is 0 Å². The zero-order valence-corrected chi connectivity index (χ0v) is 13.3. The Morgan fingerprint density at radius 3 is 3.17 bits per heavy atom. The molecule has 1 unspecified atom stereocenters. The lowest BCUT2D eigenvalue weighted by molar-refractivity contribution is 0.0573. The summed E-state index contributed by atoms with van der Waals surface area (Å²) in [5.41, 5.74) is 1.59. The van der Waals surface area contributed by atoms with Crippen LogP contribution in [0.15, 0.2) is 18.6 Å². The van der Waals surface area contributed by atoms with Gasteiger partial charge in [0.2, 0.25) is 0 Å². The molecule has 0 saturated carbocycles. The van der Waals surface area contributed by atoms with Crippen molar-refractivity contribution in [3.05, 3.63) is 35.5 Å². The number of nitrogens with zero attached hydrogens (tertiary/aromatic N) is 4. The summed E-state index contributed by atoms with van der Waals surface area (Å²) < 4.78 is 0. The summed E-state index contributed by atoms with van der Waals surface area (Å²) >= 11 is 0. The van der Waals surface area contributed by atoms with E-state index in [4.69, 9.17) is 0 Å². The van der Waals surface area contributed by atoms with Gasteiger partial charge in [0.25, 0.3) is 5.91 Å². The van der Waals surface area contributed by atoms with Crippen LogP contribution in [0.1, 0.15) is 34.6 Å². The maximum Gasteiger partial charge on any atom is 0.272 e.